The minimum absolute atomic E-state index is 0.236. The number of rotatable bonds is 6. The number of nitrogens with zero attached hydrogens (tertiary/aromatic N) is 1. The molecule has 0 radical (unpaired) electrons. The van der Waals surface area contributed by atoms with Crippen molar-refractivity contribution in [2.24, 2.45) is 0 Å². The van der Waals surface area contributed by atoms with E-state index in [1.807, 2.05) is 62.4 Å². The van der Waals surface area contributed by atoms with Gasteiger partial charge in [0.2, 0.25) is 10.0 Å². The first-order chi connectivity index (χ1) is 13.8. The van der Waals surface area contributed by atoms with Crippen molar-refractivity contribution in [3.05, 3.63) is 95.1 Å². The predicted molar refractivity (Wildman–Crippen MR) is 118 cm³/mol. The molecule has 0 aliphatic heterocycles. The minimum atomic E-state index is -3.49. The summed E-state index contributed by atoms with van der Waals surface area (Å²) >= 11 is 0. The largest absolute Gasteiger partial charge is 0.322 e. The molecule has 29 heavy (non-hydrogen) atoms. The number of anilines is 2. The molecule has 6 heteroatoms. The second-order valence-corrected chi connectivity index (χ2v) is 8.92. The van der Waals surface area contributed by atoms with Gasteiger partial charge in [-0.3, -0.25) is 9.10 Å². The van der Waals surface area contributed by atoms with Gasteiger partial charge in [0.25, 0.3) is 5.91 Å². The smallest absolute Gasteiger partial charge is 0.255 e. The normalized spacial score (nSPS) is 11.1. The number of carbonyl (C=O) groups is 1. The van der Waals surface area contributed by atoms with Crippen LogP contribution in [0.4, 0.5) is 11.4 Å². The molecule has 0 unspecified atom stereocenters. The van der Waals surface area contributed by atoms with Gasteiger partial charge in [-0.2, -0.15) is 0 Å². The fourth-order valence-electron chi connectivity index (χ4n) is 3.03. The quantitative estimate of drug-likeness (QED) is 0.652. The highest BCUT2D eigenvalue weighted by molar-refractivity contribution is 7.92. The molecule has 0 aliphatic rings. The lowest BCUT2D eigenvalue weighted by molar-refractivity contribution is 0.102. The van der Waals surface area contributed by atoms with Gasteiger partial charge in [0, 0.05) is 11.3 Å². The zero-order valence-corrected chi connectivity index (χ0v) is 17.5. The number of hydrogen-bond donors (Lipinski definition) is 1. The molecule has 3 aromatic rings. The summed E-state index contributed by atoms with van der Waals surface area (Å²) in [5.41, 5.74) is 4.65. The van der Waals surface area contributed by atoms with E-state index in [-0.39, 0.29) is 12.5 Å². The van der Waals surface area contributed by atoms with Crippen molar-refractivity contribution in [1.29, 1.82) is 0 Å². The first-order valence-electron chi connectivity index (χ1n) is 9.25. The van der Waals surface area contributed by atoms with Crippen molar-refractivity contribution in [3.63, 3.8) is 0 Å². The molecular formula is C23H24N2O3S. The number of sulfonamides is 1. The molecule has 3 rings (SSSR count). The van der Waals surface area contributed by atoms with E-state index in [9.17, 15) is 13.2 Å². The van der Waals surface area contributed by atoms with Gasteiger partial charge in [-0.25, -0.2) is 8.42 Å². The van der Waals surface area contributed by atoms with E-state index in [1.165, 1.54) is 10.6 Å². The van der Waals surface area contributed by atoms with Crippen LogP contribution in [0.1, 0.15) is 27.0 Å². The monoisotopic (exact) mass is 408 g/mol. The Morgan fingerprint density at radius 2 is 1.45 bits per heavy atom. The van der Waals surface area contributed by atoms with Crippen molar-refractivity contribution in [3.8, 4) is 0 Å². The maximum atomic E-state index is 12.5. The zero-order valence-electron chi connectivity index (χ0n) is 16.7. The summed E-state index contributed by atoms with van der Waals surface area (Å²) in [6, 6.07) is 21.8. The van der Waals surface area contributed by atoms with Crippen LogP contribution in [0.15, 0.2) is 72.8 Å². The standard InChI is InChI=1S/C23H24N2O3S/c1-17-8-4-6-10-20(17)16-25(29(3,27)28)21-14-12-19(13-15-21)23(26)24-22-11-7-5-9-18(22)2/h4-15H,16H2,1-3H3,(H,24,26). The molecular weight excluding hydrogens is 384 g/mol. The third kappa shape index (κ3) is 5.03. The van der Waals surface area contributed by atoms with Crippen LogP contribution in [0.3, 0.4) is 0 Å². The minimum Gasteiger partial charge on any atom is -0.322 e. The molecule has 0 heterocycles. The lowest BCUT2D eigenvalue weighted by atomic mass is 10.1. The Bertz CT molecular complexity index is 1120. The van der Waals surface area contributed by atoms with Crippen LogP contribution in [0.25, 0.3) is 0 Å². The van der Waals surface area contributed by atoms with E-state index < -0.39 is 10.0 Å². The maximum absolute atomic E-state index is 12.5. The Morgan fingerprint density at radius 1 is 0.862 bits per heavy atom. The fourth-order valence-corrected chi connectivity index (χ4v) is 3.91. The Balaban J connectivity index is 1.83. The molecule has 0 saturated carbocycles. The number of benzene rings is 3. The van der Waals surface area contributed by atoms with Crippen LogP contribution >= 0.6 is 0 Å². The van der Waals surface area contributed by atoms with E-state index in [0.717, 1.165) is 22.4 Å². The first-order valence-corrected chi connectivity index (χ1v) is 11.1. The van der Waals surface area contributed by atoms with E-state index in [0.29, 0.717) is 11.3 Å². The van der Waals surface area contributed by atoms with Gasteiger partial charge in [0.15, 0.2) is 0 Å². The molecule has 1 N–H and O–H groups in total. The summed E-state index contributed by atoms with van der Waals surface area (Å²) in [6.07, 6.45) is 1.18. The molecule has 0 aliphatic carbocycles. The van der Waals surface area contributed by atoms with Crippen LogP contribution < -0.4 is 9.62 Å². The Kier molecular flexibility index (Phi) is 6.03. The van der Waals surface area contributed by atoms with Crippen LogP contribution in [0, 0.1) is 13.8 Å². The van der Waals surface area contributed by atoms with Crippen LogP contribution in [0.2, 0.25) is 0 Å². The van der Waals surface area contributed by atoms with E-state index in [2.05, 4.69) is 5.32 Å². The number of nitrogens with one attached hydrogen (secondary N) is 1. The highest BCUT2D eigenvalue weighted by Gasteiger charge is 2.19. The Labute approximate surface area is 172 Å². The lowest BCUT2D eigenvalue weighted by Crippen LogP contribution is -2.29. The molecule has 3 aromatic carbocycles. The number of carbonyl (C=O) groups excluding carboxylic acids is 1. The molecule has 0 spiro atoms. The summed E-state index contributed by atoms with van der Waals surface area (Å²) in [6.45, 7) is 4.11. The van der Waals surface area contributed by atoms with Gasteiger partial charge >= 0.3 is 0 Å². The molecule has 0 saturated heterocycles. The van der Waals surface area contributed by atoms with Crippen molar-refractivity contribution < 1.29 is 13.2 Å². The van der Waals surface area contributed by atoms with Gasteiger partial charge in [-0.15, -0.1) is 0 Å². The molecule has 0 aromatic heterocycles. The van der Waals surface area contributed by atoms with Crippen molar-refractivity contribution in [2.75, 3.05) is 15.9 Å². The maximum Gasteiger partial charge on any atom is 0.255 e. The van der Waals surface area contributed by atoms with Crippen LogP contribution in [0.5, 0.6) is 0 Å². The third-order valence-electron chi connectivity index (χ3n) is 4.79. The van der Waals surface area contributed by atoms with Gasteiger partial charge in [-0.1, -0.05) is 42.5 Å². The van der Waals surface area contributed by atoms with E-state index >= 15 is 0 Å². The van der Waals surface area contributed by atoms with Gasteiger partial charge < -0.3 is 5.32 Å². The first kappa shape index (κ1) is 20.6. The van der Waals surface area contributed by atoms with Gasteiger partial charge in [0.1, 0.15) is 0 Å². The summed E-state index contributed by atoms with van der Waals surface area (Å²) in [7, 11) is -3.49. The molecule has 0 atom stereocenters. The molecule has 0 fully saturated rings. The summed E-state index contributed by atoms with van der Waals surface area (Å²) < 4.78 is 26.1. The SMILES string of the molecule is Cc1ccccc1CN(c1ccc(C(=O)Nc2ccccc2C)cc1)S(C)(=O)=O. The second kappa shape index (κ2) is 8.49. The topological polar surface area (TPSA) is 66.5 Å². The Morgan fingerprint density at radius 3 is 2.03 bits per heavy atom. The van der Waals surface area contributed by atoms with Crippen LogP contribution in [-0.2, 0) is 16.6 Å². The second-order valence-electron chi connectivity index (χ2n) is 7.01. The average molecular weight is 409 g/mol. The number of para-hydroxylation sites is 1. The van der Waals surface area contributed by atoms with E-state index in [4.69, 9.17) is 0 Å². The molecule has 1 amide bonds. The lowest BCUT2D eigenvalue weighted by Gasteiger charge is -2.23. The van der Waals surface area contributed by atoms with Crippen LogP contribution in [-0.4, -0.2) is 20.6 Å². The fraction of sp³-hybridized carbons (Fsp3) is 0.174. The number of aryl methyl sites for hydroxylation is 2. The van der Waals surface area contributed by atoms with Gasteiger partial charge in [0.05, 0.1) is 18.5 Å². The van der Waals surface area contributed by atoms with E-state index in [1.54, 1.807) is 24.3 Å². The molecule has 0 bridgehead atoms. The molecule has 150 valence electrons. The Hall–Kier alpha value is -3.12. The number of hydrogen-bond acceptors (Lipinski definition) is 3. The van der Waals surface area contributed by atoms with Crippen molar-refractivity contribution in [1.82, 2.24) is 0 Å². The highest BCUT2D eigenvalue weighted by Crippen LogP contribution is 2.23. The average Bonchev–Trinajstić information content (AvgIpc) is 2.68. The summed E-state index contributed by atoms with van der Waals surface area (Å²) in [5.74, 6) is -0.240. The summed E-state index contributed by atoms with van der Waals surface area (Å²) in [4.78, 5) is 12.5. The number of amides is 1. The third-order valence-corrected chi connectivity index (χ3v) is 5.93. The van der Waals surface area contributed by atoms with Crippen molar-refractivity contribution >= 4 is 27.3 Å². The zero-order chi connectivity index (χ0) is 21.0. The summed E-state index contributed by atoms with van der Waals surface area (Å²) in [5, 5.41) is 2.88. The van der Waals surface area contributed by atoms with Gasteiger partial charge in [-0.05, 0) is 60.9 Å². The highest BCUT2D eigenvalue weighted by atomic mass is 32.2. The van der Waals surface area contributed by atoms with Crippen molar-refractivity contribution in [2.45, 2.75) is 20.4 Å². The predicted octanol–water partition coefficient (Wildman–Crippen LogP) is 4.52. The molecule has 5 nitrogen and oxygen atoms in total.